The van der Waals surface area contributed by atoms with Crippen LogP contribution in [-0.4, -0.2) is 31.1 Å². The summed E-state index contributed by atoms with van der Waals surface area (Å²) in [5.74, 6) is 2.81. The van der Waals surface area contributed by atoms with Gasteiger partial charge in [-0.25, -0.2) is 0 Å². The monoisotopic (exact) mass is 414 g/mol. The van der Waals surface area contributed by atoms with Gasteiger partial charge in [0.05, 0.1) is 0 Å². The molecule has 0 spiro atoms. The molecule has 0 aromatic rings. The van der Waals surface area contributed by atoms with Gasteiger partial charge in [-0.1, -0.05) is 19.4 Å². The van der Waals surface area contributed by atoms with Gasteiger partial charge in [0.25, 0.3) is 0 Å². The second-order valence-corrected chi connectivity index (χ2v) is 11.2. The maximum atomic E-state index is 13.2. The molecule has 7 atom stereocenters. The Kier molecular flexibility index (Phi) is 5.46. The number of hydrogen-bond acceptors (Lipinski definition) is 4. The lowest BCUT2D eigenvalue weighted by atomic mass is 9.46. The highest BCUT2D eigenvalue weighted by Gasteiger charge is 2.60. The zero-order valence-electron chi connectivity index (χ0n) is 18.8. The van der Waals surface area contributed by atoms with Crippen LogP contribution in [0.25, 0.3) is 0 Å². The normalized spacial score (nSPS) is 45.9. The summed E-state index contributed by atoms with van der Waals surface area (Å²) in [6.45, 7) is 5.81. The Morgan fingerprint density at radius 1 is 1.07 bits per heavy atom. The van der Waals surface area contributed by atoms with Gasteiger partial charge in [-0.2, -0.15) is 0 Å². The van der Waals surface area contributed by atoms with E-state index in [4.69, 9.17) is 9.47 Å². The van der Waals surface area contributed by atoms with Gasteiger partial charge in [0.1, 0.15) is 6.61 Å². The van der Waals surface area contributed by atoms with E-state index in [-0.39, 0.29) is 29.6 Å². The van der Waals surface area contributed by atoms with E-state index < -0.39 is 0 Å². The van der Waals surface area contributed by atoms with Crippen molar-refractivity contribution in [1.82, 2.24) is 0 Å². The Labute approximate surface area is 181 Å². The largest absolute Gasteiger partial charge is 0.353 e. The van der Waals surface area contributed by atoms with Crippen molar-refractivity contribution in [3.05, 3.63) is 11.6 Å². The number of carbonyl (C=O) groups is 2. The van der Waals surface area contributed by atoms with E-state index >= 15 is 0 Å². The summed E-state index contributed by atoms with van der Waals surface area (Å²) >= 11 is 0. The van der Waals surface area contributed by atoms with Gasteiger partial charge in [0.15, 0.2) is 17.9 Å². The summed E-state index contributed by atoms with van der Waals surface area (Å²) in [4.78, 5) is 25.2. The van der Waals surface area contributed by atoms with Crippen LogP contribution in [-0.2, 0) is 19.1 Å². The summed E-state index contributed by atoms with van der Waals surface area (Å²) < 4.78 is 11.5. The second-order valence-electron chi connectivity index (χ2n) is 11.2. The van der Waals surface area contributed by atoms with Crippen molar-refractivity contribution in [2.45, 2.75) is 90.8 Å². The third kappa shape index (κ3) is 3.33. The first-order chi connectivity index (χ1) is 14.4. The van der Waals surface area contributed by atoms with Crippen molar-refractivity contribution >= 4 is 11.6 Å². The Bertz CT molecular complexity index is 735. The molecule has 0 aromatic heterocycles. The van der Waals surface area contributed by atoms with Crippen molar-refractivity contribution in [3.8, 4) is 0 Å². The van der Waals surface area contributed by atoms with E-state index in [1.54, 1.807) is 0 Å². The van der Waals surface area contributed by atoms with Crippen LogP contribution in [0.2, 0.25) is 0 Å². The third-order valence-electron chi connectivity index (χ3n) is 9.90. The lowest BCUT2D eigenvalue weighted by molar-refractivity contribution is -0.173. The lowest BCUT2D eigenvalue weighted by Gasteiger charge is -2.58. The van der Waals surface area contributed by atoms with Crippen LogP contribution < -0.4 is 0 Å². The molecular weight excluding hydrogens is 376 g/mol. The minimum atomic E-state index is -0.180. The Hall–Kier alpha value is -1.00. The average Bonchev–Trinajstić information content (AvgIpc) is 3.10. The highest BCUT2D eigenvalue weighted by molar-refractivity contribution is 5.91. The zero-order chi connectivity index (χ0) is 20.9. The Balaban J connectivity index is 1.29. The van der Waals surface area contributed by atoms with Gasteiger partial charge < -0.3 is 9.47 Å². The maximum absolute atomic E-state index is 13.2. The second kappa shape index (κ2) is 7.85. The van der Waals surface area contributed by atoms with Crippen LogP contribution in [0.15, 0.2) is 11.6 Å². The van der Waals surface area contributed by atoms with Crippen LogP contribution >= 0.6 is 0 Å². The molecule has 1 heterocycles. The zero-order valence-corrected chi connectivity index (χ0v) is 18.8. The maximum Gasteiger partial charge on any atom is 0.162 e. The third-order valence-corrected chi connectivity index (χ3v) is 9.90. The van der Waals surface area contributed by atoms with E-state index in [2.05, 4.69) is 13.8 Å². The quantitative estimate of drug-likeness (QED) is 0.631. The molecule has 1 saturated heterocycles. The molecule has 5 rings (SSSR count). The Morgan fingerprint density at radius 3 is 2.73 bits per heavy atom. The van der Waals surface area contributed by atoms with Crippen LogP contribution in [0.3, 0.4) is 0 Å². The summed E-state index contributed by atoms with van der Waals surface area (Å²) in [7, 11) is 0. The molecule has 30 heavy (non-hydrogen) atoms. The minimum Gasteiger partial charge on any atom is -0.353 e. The van der Waals surface area contributed by atoms with Gasteiger partial charge in [-0.05, 0) is 98.9 Å². The van der Waals surface area contributed by atoms with Crippen molar-refractivity contribution in [1.29, 1.82) is 0 Å². The molecule has 0 aromatic carbocycles. The molecule has 1 aliphatic heterocycles. The van der Waals surface area contributed by atoms with Gasteiger partial charge in [0, 0.05) is 18.9 Å². The van der Waals surface area contributed by atoms with Crippen LogP contribution in [0.1, 0.15) is 84.5 Å². The van der Waals surface area contributed by atoms with E-state index in [1.807, 2.05) is 6.08 Å². The number of Topliss-reactive ketones (excluding diaryl/α,β-unsaturated/α-hetero) is 1. The minimum absolute atomic E-state index is 0.122. The van der Waals surface area contributed by atoms with E-state index in [0.717, 1.165) is 51.6 Å². The first-order valence-electron chi connectivity index (χ1n) is 12.4. The van der Waals surface area contributed by atoms with Gasteiger partial charge >= 0.3 is 0 Å². The SMILES string of the molecule is C[C@]12CC[C@H]3[C@@H](CCC4=CC(=O)CC[C@@]43C)[C@@H]1CC[C@@H]2C(=O)COC1CCCCO1. The van der Waals surface area contributed by atoms with E-state index in [0.29, 0.717) is 35.7 Å². The average molecular weight is 415 g/mol. The highest BCUT2D eigenvalue weighted by Crippen LogP contribution is 2.66. The molecule has 166 valence electrons. The molecule has 0 bridgehead atoms. The number of ether oxygens (including phenoxy) is 2. The summed E-state index contributed by atoms with van der Waals surface area (Å²) in [5, 5.41) is 0. The highest BCUT2D eigenvalue weighted by atomic mass is 16.7. The van der Waals surface area contributed by atoms with Crippen molar-refractivity contribution < 1.29 is 19.1 Å². The number of rotatable bonds is 4. The molecule has 0 radical (unpaired) electrons. The van der Waals surface area contributed by atoms with Crippen LogP contribution in [0, 0.1) is 34.5 Å². The molecule has 3 saturated carbocycles. The van der Waals surface area contributed by atoms with E-state index in [9.17, 15) is 9.59 Å². The van der Waals surface area contributed by atoms with Crippen LogP contribution in [0.4, 0.5) is 0 Å². The first kappa shape index (κ1) is 20.9. The van der Waals surface area contributed by atoms with Crippen molar-refractivity contribution in [3.63, 3.8) is 0 Å². The van der Waals surface area contributed by atoms with Gasteiger partial charge in [0.2, 0.25) is 0 Å². The number of hydrogen-bond donors (Lipinski definition) is 0. The van der Waals surface area contributed by atoms with Gasteiger partial charge in [-0.3, -0.25) is 9.59 Å². The van der Waals surface area contributed by atoms with Crippen LogP contribution in [0.5, 0.6) is 0 Å². The fourth-order valence-corrected chi connectivity index (χ4v) is 8.21. The Morgan fingerprint density at radius 2 is 1.93 bits per heavy atom. The molecule has 4 aliphatic carbocycles. The molecular formula is C26H38O4. The number of allylic oxidation sites excluding steroid dienone is 1. The van der Waals surface area contributed by atoms with E-state index in [1.165, 1.54) is 24.8 Å². The summed E-state index contributed by atoms with van der Waals surface area (Å²) in [6, 6.07) is 0. The molecule has 4 nitrogen and oxygen atoms in total. The van der Waals surface area contributed by atoms with Gasteiger partial charge in [-0.15, -0.1) is 0 Å². The predicted octanol–water partition coefficient (Wildman–Crippen LogP) is 5.25. The molecule has 4 heteroatoms. The topological polar surface area (TPSA) is 52.6 Å². The standard InChI is InChI=1S/C26H38O4/c1-25-12-10-18(27)15-17(25)6-7-19-20-8-9-22(26(20,2)13-11-21(19)25)23(28)16-30-24-5-3-4-14-29-24/h15,19-22,24H,3-14,16H2,1-2H3/t19-,20-,21-,22+,24?,25-,26-/m0/s1. The van der Waals surface area contributed by atoms with Crippen molar-refractivity contribution in [2.75, 3.05) is 13.2 Å². The first-order valence-corrected chi connectivity index (χ1v) is 12.4. The summed E-state index contributed by atoms with van der Waals surface area (Å²) in [6.07, 6.45) is 13.5. The fraction of sp³-hybridized carbons (Fsp3) is 0.846. The number of ketones is 2. The predicted molar refractivity (Wildman–Crippen MR) is 115 cm³/mol. The number of carbonyl (C=O) groups excluding carboxylic acids is 2. The number of fused-ring (bicyclic) bond motifs is 5. The smallest absolute Gasteiger partial charge is 0.162 e. The lowest BCUT2D eigenvalue weighted by Crippen LogP contribution is -2.51. The molecule has 0 amide bonds. The molecule has 4 fully saturated rings. The molecule has 1 unspecified atom stereocenters. The van der Waals surface area contributed by atoms with Crippen molar-refractivity contribution in [2.24, 2.45) is 34.5 Å². The fourth-order valence-electron chi connectivity index (χ4n) is 8.21. The molecule has 0 N–H and O–H groups in total. The summed E-state index contributed by atoms with van der Waals surface area (Å²) in [5.41, 5.74) is 1.76. The molecule has 5 aliphatic rings.